The summed E-state index contributed by atoms with van der Waals surface area (Å²) in [7, 11) is 1.53. The van der Waals surface area contributed by atoms with Crippen LogP contribution in [0.5, 0.6) is 0 Å². The van der Waals surface area contributed by atoms with Gasteiger partial charge in [-0.2, -0.15) is 0 Å². The summed E-state index contributed by atoms with van der Waals surface area (Å²) in [6, 6.07) is 6.48. The van der Waals surface area contributed by atoms with Gasteiger partial charge >= 0.3 is 0 Å². The second-order valence-corrected chi connectivity index (χ2v) is 7.96. The number of hydrogen-bond donors (Lipinski definition) is 1. The van der Waals surface area contributed by atoms with Gasteiger partial charge in [0.15, 0.2) is 5.13 Å². The third kappa shape index (κ3) is 7.61. The number of nitrogens with zero attached hydrogens (tertiary/aromatic N) is 3. The van der Waals surface area contributed by atoms with Gasteiger partial charge in [0.1, 0.15) is 6.54 Å². The van der Waals surface area contributed by atoms with Crippen LogP contribution in [0.2, 0.25) is 5.02 Å². The van der Waals surface area contributed by atoms with Crippen LogP contribution in [-0.4, -0.2) is 72.4 Å². The predicted octanol–water partition coefficient (Wildman–Crippen LogP) is 2.93. The van der Waals surface area contributed by atoms with E-state index < -0.39 is 0 Å². The average molecular weight is 467 g/mol. The van der Waals surface area contributed by atoms with Crippen molar-refractivity contribution in [3.63, 3.8) is 0 Å². The van der Waals surface area contributed by atoms with Gasteiger partial charge in [-0.05, 0) is 38.1 Å². The first-order valence-corrected chi connectivity index (χ1v) is 11.2. The molecule has 0 aliphatic heterocycles. The largest absolute Gasteiger partial charge is 0.383 e. The first-order chi connectivity index (χ1) is 14.9. The minimum absolute atomic E-state index is 0.00696. The first kappa shape index (κ1) is 24.8. The van der Waals surface area contributed by atoms with Crippen molar-refractivity contribution in [1.29, 1.82) is 0 Å². The fourth-order valence-corrected chi connectivity index (χ4v) is 3.70. The summed E-state index contributed by atoms with van der Waals surface area (Å²) in [5.74, 6) is -0.685. The second-order valence-electron chi connectivity index (χ2n) is 6.66. The van der Waals surface area contributed by atoms with Gasteiger partial charge in [0.25, 0.3) is 5.91 Å². The summed E-state index contributed by atoms with van der Waals surface area (Å²) in [5, 5.41) is 5.36. The van der Waals surface area contributed by atoms with Gasteiger partial charge in [-0.25, -0.2) is 4.98 Å². The molecule has 2 aromatic rings. The molecule has 2 rings (SSSR count). The molecule has 1 aromatic heterocycles. The molecule has 3 amide bonds. The molecule has 0 saturated carbocycles. The molecule has 0 aliphatic carbocycles. The molecule has 168 valence electrons. The van der Waals surface area contributed by atoms with E-state index in [0.29, 0.717) is 41.1 Å². The third-order valence-corrected chi connectivity index (χ3v) is 5.58. The Morgan fingerprint density at radius 2 is 1.81 bits per heavy atom. The number of thiazole rings is 1. The van der Waals surface area contributed by atoms with Crippen molar-refractivity contribution in [2.45, 2.75) is 20.3 Å². The highest BCUT2D eigenvalue weighted by Gasteiger charge is 2.20. The minimum Gasteiger partial charge on any atom is -0.383 e. The van der Waals surface area contributed by atoms with E-state index in [1.165, 1.54) is 23.3 Å². The van der Waals surface area contributed by atoms with E-state index in [4.69, 9.17) is 16.3 Å². The summed E-state index contributed by atoms with van der Waals surface area (Å²) in [5.41, 5.74) is 1.03. The molecule has 0 atom stereocenters. The number of methoxy groups -OCH3 is 1. The van der Waals surface area contributed by atoms with Crippen molar-refractivity contribution in [3.8, 4) is 0 Å². The molecule has 0 radical (unpaired) electrons. The molecule has 31 heavy (non-hydrogen) atoms. The normalized spacial score (nSPS) is 10.6. The Morgan fingerprint density at radius 3 is 2.42 bits per heavy atom. The molecule has 0 fully saturated rings. The zero-order valence-corrected chi connectivity index (χ0v) is 19.5. The summed E-state index contributed by atoms with van der Waals surface area (Å²) >= 11 is 7.12. The van der Waals surface area contributed by atoms with E-state index in [2.05, 4.69) is 10.3 Å². The molecule has 0 bridgehead atoms. The number of aromatic nitrogens is 1. The zero-order chi connectivity index (χ0) is 22.8. The number of carbonyl (C=O) groups excluding carboxylic acids is 3. The molecule has 0 saturated heterocycles. The number of ether oxygens (including phenoxy) is 1. The van der Waals surface area contributed by atoms with Gasteiger partial charge in [-0.15, -0.1) is 11.3 Å². The molecule has 0 aliphatic rings. The summed E-state index contributed by atoms with van der Waals surface area (Å²) in [4.78, 5) is 45.0. The predicted molar refractivity (Wildman–Crippen MR) is 122 cm³/mol. The maximum absolute atomic E-state index is 12.8. The molecule has 0 spiro atoms. The van der Waals surface area contributed by atoms with Gasteiger partial charge in [0.2, 0.25) is 11.8 Å². The Bertz CT molecular complexity index is 884. The quantitative estimate of drug-likeness (QED) is 0.549. The first-order valence-electron chi connectivity index (χ1n) is 9.93. The lowest BCUT2D eigenvalue weighted by atomic mass is 10.2. The van der Waals surface area contributed by atoms with Crippen molar-refractivity contribution in [2.75, 3.05) is 45.2 Å². The number of rotatable bonds is 11. The van der Waals surface area contributed by atoms with Crippen LogP contribution in [0, 0.1) is 0 Å². The minimum atomic E-state index is -0.380. The molecule has 1 heterocycles. The van der Waals surface area contributed by atoms with Crippen LogP contribution in [0.1, 0.15) is 29.9 Å². The highest BCUT2D eigenvalue weighted by Crippen LogP contribution is 2.17. The lowest BCUT2D eigenvalue weighted by Crippen LogP contribution is -2.40. The Kier molecular flexibility index (Phi) is 9.90. The Balaban J connectivity index is 1.99. The molecule has 0 unspecified atom stereocenters. The topological polar surface area (TPSA) is 91.8 Å². The van der Waals surface area contributed by atoms with Crippen molar-refractivity contribution in [3.05, 3.63) is 45.9 Å². The maximum Gasteiger partial charge on any atom is 0.254 e. The van der Waals surface area contributed by atoms with E-state index in [-0.39, 0.29) is 37.2 Å². The SMILES string of the molecule is CCN(CC)C(=O)Cc1csc(NC(=O)CN(CCOC)C(=O)c2ccc(Cl)cc2)n1. The molecule has 1 aromatic carbocycles. The van der Waals surface area contributed by atoms with Crippen molar-refractivity contribution >= 4 is 45.8 Å². The fourth-order valence-electron chi connectivity index (χ4n) is 2.85. The smallest absolute Gasteiger partial charge is 0.254 e. The van der Waals surface area contributed by atoms with E-state index in [0.717, 1.165) is 0 Å². The van der Waals surface area contributed by atoms with Crippen molar-refractivity contribution in [2.24, 2.45) is 0 Å². The average Bonchev–Trinajstić information content (AvgIpc) is 3.18. The van der Waals surface area contributed by atoms with E-state index >= 15 is 0 Å². The highest BCUT2D eigenvalue weighted by atomic mass is 35.5. The number of amides is 3. The highest BCUT2D eigenvalue weighted by molar-refractivity contribution is 7.13. The van der Waals surface area contributed by atoms with Crippen LogP contribution in [0.15, 0.2) is 29.6 Å². The Hall–Kier alpha value is -2.49. The lowest BCUT2D eigenvalue weighted by Gasteiger charge is -2.21. The number of benzene rings is 1. The van der Waals surface area contributed by atoms with Crippen LogP contribution in [0.4, 0.5) is 5.13 Å². The van der Waals surface area contributed by atoms with Crippen LogP contribution in [0.25, 0.3) is 0 Å². The van der Waals surface area contributed by atoms with E-state index in [9.17, 15) is 14.4 Å². The number of hydrogen-bond acceptors (Lipinski definition) is 6. The van der Waals surface area contributed by atoms with Crippen molar-refractivity contribution in [1.82, 2.24) is 14.8 Å². The second kappa shape index (κ2) is 12.4. The number of anilines is 1. The summed E-state index contributed by atoms with van der Waals surface area (Å²) < 4.78 is 5.06. The van der Waals surface area contributed by atoms with Crippen LogP contribution in [-0.2, 0) is 20.7 Å². The number of likely N-dealkylation sites (N-methyl/N-ethyl adjacent to an activating group) is 1. The molecule has 1 N–H and O–H groups in total. The van der Waals surface area contributed by atoms with Gasteiger partial charge in [0, 0.05) is 42.7 Å². The molecule has 10 heteroatoms. The van der Waals surface area contributed by atoms with Gasteiger partial charge in [-0.1, -0.05) is 11.6 Å². The van der Waals surface area contributed by atoms with E-state index in [1.54, 1.807) is 34.5 Å². The van der Waals surface area contributed by atoms with E-state index in [1.807, 2.05) is 13.8 Å². The standard InChI is InChI=1S/C21H27ClN4O4S/c1-4-25(5-2)19(28)12-17-14-31-21(23-17)24-18(27)13-26(10-11-30-3)20(29)15-6-8-16(22)9-7-15/h6-9,14H,4-5,10-13H2,1-3H3,(H,23,24,27). The molecule has 8 nitrogen and oxygen atoms in total. The van der Waals surface area contributed by atoms with Crippen LogP contribution >= 0.6 is 22.9 Å². The summed E-state index contributed by atoms with van der Waals surface area (Å²) in [6.07, 6.45) is 0.184. The van der Waals surface area contributed by atoms with Crippen molar-refractivity contribution < 1.29 is 19.1 Å². The Morgan fingerprint density at radius 1 is 1.13 bits per heavy atom. The third-order valence-electron chi connectivity index (χ3n) is 4.52. The van der Waals surface area contributed by atoms with Gasteiger partial charge in [-0.3, -0.25) is 14.4 Å². The monoisotopic (exact) mass is 466 g/mol. The Labute approximate surface area is 191 Å². The summed E-state index contributed by atoms with van der Waals surface area (Å²) in [6.45, 7) is 5.53. The lowest BCUT2D eigenvalue weighted by molar-refractivity contribution is -0.130. The maximum atomic E-state index is 12.8. The molecular formula is C21H27ClN4O4S. The van der Waals surface area contributed by atoms with Gasteiger partial charge < -0.3 is 19.9 Å². The van der Waals surface area contributed by atoms with Crippen LogP contribution in [0.3, 0.4) is 0 Å². The number of carbonyl (C=O) groups is 3. The van der Waals surface area contributed by atoms with Gasteiger partial charge in [0.05, 0.1) is 18.7 Å². The fraction of sp³-hybridized carbons (Fsp3) is 0.429. The number of halogens is 1. The zero-order valence-electron chi connectivity index (χ0n) is 17.9. The van der Waals surface area contributed by atoms with Crippen LogP contribution < -0.4 is 5.32 Å². The number of nitrogens with one attached hydrogen (secondary N) is 1. The molecular weight excluding hydrogens is 440 g/mol.